The molecule has 1 saturated heterocycles. The van der Waals surface area contributed by atoms with Crippen LogP contribution in [0, 0.1) is 0 Å². The molecule has 1 aliphatic heterocycles. The molecular weight excluding hydrogens is 466 g/mol. The SMILES string of the molecule is C.C=C(CC(=C/NC)/C(=C/C)CCc1ccc(CN2CCCCC2)cc1NC)c1cccc(/C=C/C)c1O. The summed E-state index contributed by atoms with van der Waals surface area (Å²) in [5.74, 6) is 0.291. The van der Waals surface area contributed by atoms with E-state index >= 15 is 0 Å². The van der Waals surface area contributed by atoms with Crippen LogP contribution in [0.25, 0.3) is 11.6 Å². The molecule has 0 amide bonds. The van der Waals surface area contributed by atoms with Gasteiger partial charge in [0, 0.05) is 43.7 Å². The van der Waals surface area contributed by atoms with Crippen LogP contribution in [0.1, 0.15) is 75.6 Å². The second-order valence-electron chi connectivity index (χ2n) is 9.87. The molecule has 0 unspecified atom stereocenters. The molecule has 0 atom stereocenters. The molecule has 0 aliphatic carbocycles. The smallest absolute Gasteiger partial charge is 0.130 e. The van der Waals surface area contributed by atoms with Crippen molar-refractivity contribution >= 4 is 17.3 Å². The standard InChI is InChI=1S/C33H45N3O.CH4/c1-6-12-29-13-11-14-31(33(29)37)25(3)21-30(23-34-4)27(7-2)17-18-28-16-15-26(22-32(28)35-5)24-36-19-9-8-10-20-36;/h6-7,11-16,22-23,34-35,37H,3,8-10,17-21,24H2,1-2,4-5H3;1H4/b12-6+,27-7+,30-23-;. The fraction of sp³-hybridized carbons (Fsp3) is 0.412. The van der Waals surface area contributed by atoms with E-state index in [-0.39, 0.29) is 7.43 Å². The van der Waals surface area contributed by atoms with Crippen molar-refractivity contribution in [1.82, 2.24) is 10.2 Å². The predicted molar refractivity (Wildman–Crippen MR) is 168 cm³/mol. The summed E-state index contributed by atoms with van der Waals surface area (Å²) in [6.45, 7) is 11.9. The number of phenolic OH excluding ortho intramolecular Hbond substituents is 1. The van der Waals surface area contributed by atoms with Crippen molar-refractivity contribution < 1.29 is 5.11 Å². The molecule has 4 nitrogen and oxygen atoms in total. The number of anilines is 1. The Labute approximate surface area is 231 Å². The summed E-state index contributed by atoms with van der Waals surface area (Å²) >= 11 is 0. The Morgan fingerprint density at radius 3 is 2.47 bits per heavy atom. The molecule has 4 heteroatoms. The van der Waals surface area contributed by atoms with Gasteiger partial charge >= 0.3 is 0 Å². The third kappa shape index (κ3) is 8.39. The molecule has 1 heterocycles. The minimum absolute atomic E-state index is 0. The van der Waals surface area contributed by atoms with Crippen molar-refractivity contribution in [2.75, 3.05) is 32.5 Å². The lowest BCUT2D eigenvalue weighted by Crippen LogP contribution is -2.29. The maximum Gasteiger partial charge on any atom is 0.130 e. The molecule has 0 spiro atoms. The normalized spacial score (nSPS) is 14.8. The first-order valence-electron chi connectivity index (χ1n) is 13.7. The van der Waals surface area contributed by atoms with Crippen molar-refractivity contribution in [2.45, 2.75) is 66.3 Å². The van der Waals surface area contributed by atoms with Crippen molar-refractivity contribution in [3.8, 4) is 5.75 Å². The molecular formula is C34H49N3O. The molecule has 1 fully saturated rings. The van der Waals surface area contributed by atoms with Crippen molar-refractivity contribution in [3.63, 3.8) is 0 Å². The molecule has 0 radical (unpaired) electrons. The Hall–Kier alpha value is -3.24. The predicted octanol–water partition coefficient (Wildman–Crippen LogP) is 8.17. The zero-order valence-corrected chi connectivity index (χ0v) is 23.2. The lowest BCUT2D eigenvalue weighted by molar-refractivity contribution is 0.221. The van der Waals surface area contributed by atoms with E-state index in [4.69, 9.17) is 0 Å². The van der Waals surface area contributed by atoms with Crippen LogP contribution in [0.15, 0.2) is 72.5 Å². The van der Waals surface area contributed by atoms with E-state index in [2.05, 4.69) is 59.5 Å². The Bertz CT molecular complexity index is 1140. The van der Waals surface area contributed by atoms with Crippen LogP contribution in [0.2, 0.25) is 0 Å². The van der Waals surface area contributed by atoms with Crippen LogP contribution in [0.3, 0.4) is 0 Å². The van der Waals surface area contributed by atoms with E-state index in [1.807, 2.05) is 51.4 Å². The van der Waals surface area contributed by atoms with E-state index in [9.17, 15) is 5.11 Å². The number of aryl methyl sites for hydroxylation is 1. The van der Waals surface area contributed by atoms with Crippen LogP contribution < -0.4 is 10.6 Å². The van der Waals surface area contributed by atoms with Gasteiger partial charge in [0.2, 0.25) is 0 Å². The van der Waals surface area contributed by atoms with Gasteiger partial charge in [-0.3, -0.25) is 4.90 Å². The van der Waals surface area contributed by atoms with Crippen LogP contribution >= 0.6 is 0 Å². The number of rotatable bonds is 12. The second-order valence-corrected chi connectivity index (χ2v) is 9.87. The molecule has 0 aromatic heterocycles. The second kappa shape index (κ2) is 15.9. The molecule has 1 aliphatic rings. The number of allylic oxidation sites excluding steroid dienone is 5. The number of hydrogen-bond acceptors (Lipinski definition) is 4. The molecule has 2 aromatic rings. The summed E-state index contributed by atoms with van der Waals surface area (Å²) in [6.07, 6.45) is 14.7. The fourth-order valence-electron chi connectivity index (χ4n) is 5.23. The first-order valence-corrected chi connectivity index (χ1v) is 13.7. The van der Waals surface area contributed by atoms with E-state index in [1.54, 1.807) is 0 Å². The highest BCUT2D eigenvalue weighted by atomic mass is 16.3. The van der Waals surface area contributed by atoms with Crippen molar-refractivity contribution in [2.24, 2.45) is 0 Å². The third-order valence-electron chi connectivity index (χ3n) is 7.24. The van der Waals surface area contributed by atoms with E-state index in [0.29, 0.717) is 12.2 Å². The van der Waals surface area contributed by atoms with Crippen LogP contribution in [-0.4, -0.2) is 37.2 Å². The number of piperidine rings is 1. The first-order chi connectivity index (χ1) is 18.0. The minimum atomic E-state index is 0. The van der Waals surface area contributed by atoms with Gasteiger partial charge in [0.15, 0.2) is 0 Å². The van der Waals surface area contributed by atoms with Gasteiger partial charge < -0.3 is 15.7 Å². The summed E-state index contributed by atoms with van der Waals surface area (Å²) in [4.78, 5) is 2.57. The van der Waals surface area contributed by atoms with Gasteiger partial charge in [-0.2, -0.15) is 0 Å². The van der Waals surface area contributed by atoms with Crippen LogP contribution in [0.4, 0.5) is 5.69 Å². The number of nitrogens with zero attached hydrogens (tertiary/aromatic N) is 1. The van der Waals surface area contributed by atoms with Crippen molar-refractivity contribution in [3.05, 3.63) is 94.7 Å². The lowest BCUT2D eigenvalue weighted by atomic mass is 9.90. The average Bonchev–Trinajstić information content (AvgIpc) is 2.91. The zero-order chi connectivity index (χ0) is 26.6. The molecule has 2 aromatic carbocycles. The van der Waals surface area contributed by atoms with E-state index < -0.39 is 0 Å². The topological polar surface area (TPSA) is 47.5 Å². The van der Waals surface area contributed by atoms with Gasteiger partial charge in [-0.25, -0.2) is 0 Å². The van der Waals surface area contributed by atoms with Crippen molar-refractivity contribution in [1.29, 1.82) is 0 Å². The van der Waals surface area contributed by atoms with Gasteiger partial charge in [0.1, 0.15) is 5.75 Å². The molecule has 3 rings (SSSR count). The number of nitrogens with one attached hydrogen (secondary N) is 2. The van der Waals surface area contributed by atoms with Gasteiger partial charge in [-0.15, -0.1) is 0 Å². The Balaban J connectivity index is 0.00000507. The molecule has 206 valence electrons. The Kier molecular flexibility index (Phi) is 12.9. The maximum atomic E-state index is 10.8. The highest BCUT2D eigenvalue weighted by Gasteiger charge is 2.15. The summed E-state index contributed by atoms with van der Waals surface area (Å²) in [7, 11) is 3.95. The summed E-state index contributed by atoms with van der Waals surface area (Å²) in [5.41, 5.74) is 8.95. The minimum Gasteiger partial charge on any atom is -0.507 e. The number of likely N-dealkylation sites (tertiary alicyclic amines) is 1. The van der Waals surface area contributed by atoms with Gasteiger partial charge in [0.05, 0.1) is 0 Å². The molecule has 0 bridgehead atoms. The van der Waals surface area contributed by atoms with Crippen LogP contribution in [-0.2, 0) is 13.0 Å². The Morgan fingerprint density at radius 2 is 1.82 bits per heavy atom. The largest absolute Gasteiger partial charge is 0.507 e. The summed E-state index contributed by atoms with van der Waals surface area (Å²) < 4.78 is 0. The van der Waals surface area contributed by atoms with E-state index in [1.165, 1.54) is 60.3 Å². The third-order valence-corrected chi connectivity index (χ3v) is 7.24. The molecule has 38 heavy (non-hydrogen) atoms. The molecule has 3 N–H and O–H groups in total. The lowest BCUT2D eigenvalue weighted by Gasteiger charge is -2.26. The molecule has 0 saturated carbocycles. The number of phenols is 1. The van der Waals surface area contributed by atoms with Gasteiger partial charge in [-0.05, 0) is 93.0 Å². The number of benzene rings is 2. The average molecular weight is 516 g/mol. The monoisotopic (exact) mass is 515 g/mol. The quantitative estimate of drug-likeness (QED) is 0.249. The van der Waals surface area contributed by atoms with Gasteiger partial charge in [0.25, 0.3) is 0 Å². The van der Waals surface area contributed by atoms with Crippen LogP contribution in [0.5, 0.6) is 5.75 Å². The summed E-state index contributed by atoms with van der Waals surface area (Å²) in [6, 6.07) is 12.8. The van der Waals surface area contributed by atoms with E-state index in [0.717, 1.165) is 36.1 Å². The zero-order valence-electron chi connectivity index (χ0n) is 23.2. The highest BCUT2D eigenvalue weighted by Crippen LogP contribution is 2.34. The number of para-hydroxylation sites is 1. The fourth-order valence-corrected chi connectivity index (χ4v) is 5.23. The number of hydrogen-bond donors (Lipinski definition) is 3. The highest BCUT2D eigenvalue weighted by molar-refractivity contribution is 5.75. The van der Waals surface area contributed by atoms with Gasteiger partial charge in [-0.1, -0.05) is 69.0 Å². The first kappa shape index (κ1) is 31.0. The summed E-state index contributed by atoms with van der Waals surface area (Å²) in [5, 5.41) is 17.4. The Morgan fingerprint density at radius 1 is 1.05 bits per heavy atom. The maximum absolute atomic E-state index is 10.8. The number of aromatic hydroxyl groups is 1.